The summed E-state index contributed by atoms with van der Waals surface area (Å²) in [5.41, 5.74) is 6.34. The number of ether oxygens (including phenoxy) is 1. The van der Waals surface area contributed by atoms with Gasteiger partial charge in [0.15, 0.2) is 0 Å². The molecule has 1 aliphatic carbocycles. The molecule has 2 aromatic rings. The third kappa shape index (κ3) is 3.86. The zero-order valence-electron chi connectivity index (χ0n) is 15.8. The number of nitrogens with zero attached hydrogens (tertiary/aromatic N) is 1. The van der Waals surface area contributed by atoms with Crippen LogP contribution in [-0.4, -0.2) is 24.6 Å². The summed E-state index contributed by atoms with van der Waals surface area (Å²) in [4.78, 5) is 2.71. The molecular weight excluding hydrogens is 318 g/mol. The van der Waals surface area contributed by atoms with Gasteiger partial charge in [0.2, 0.25) is 0 Å². The smallest absolute Gasteiger partial charge is 0.118 e. The van der Waals surface area contributed by atoms with Crippen LogP contribution in [0.25, 0.3) is 0 Å². The molecule has 2 nitrogen and oxygen atoms in total. The molecule has 1 aliphatic heterocycles. The van der Waals surface area contributed by atoms with Crippen molar-refractivity contribution in [3.63, 3.8) is 0 Å². The van der Waals surface area contributed by atoms with E-state index in [9.17, 15) is 0 Å². The summed E-state index contributed by atoms with van der Waals surface area (Å²) in [6, 6.07) is 20.1. The summed E-state index contributed by atoms with van der Waals surface area (Å²) in [5, 5.41) is 0. The first kappa shape index (κ1) is 17.4. The van der Waals surface area contributed by atoms with Crippen LogP contribution in [-0.2, 0) is 13.0 Å². The van der Waals surface area contributed by atoms with Crippen molar-refractivity contribution in [2.45, 2.75) is 51.1 Å². The van der Waals surface area contributed by atoms with E-state index in [2.05, 4.69) is 59.5 Å². The highest BCUT2D eigenvalue weighted by Crippen LogP contribution is 2.37. The molecule has 136 valence electrons. The van der Waals surface area contributed by atoms with E-state index in [0.717, 1.165) is 18.7 Å². The number of hydrogen-bond donors (Lipinski definition) is 0. The average molecular weight is 348 g/mol. The SMILES string of the molecule is COc1ccc(C[C@@H]2C3=C(CCCC3)CCN2Cc2ccccc2)cc1. The summed E-state index contributed by atoms with van der Waals surface area (Å²) in [6.45, 7) is 2.24. The van der Waals surface area contributed by atoms with Gasteiger partial charge in [-0.25, -0.2) is 0 Å². The minimum atomic E-state index is 0.549. The maximum absolute atomic E-state index is 5.33. The van der Waals surface area contributed by atoms with Gasteiger partial charge < -0.3 is 4.74 Å². The van der Waals surface area contributed by atoms with E-state index in [0.29, 0.717) is 6.04 Å². The minimum absolute atomic E-state index is 0.549. The molecule has 0 amide bonds. The van der Waals surface area contributed by atoms with Crippen molar-refractivity contribution in [2.75, 3.05) is 13.7 Å². The Kier molecular flexibility index (Phi) is 5.40. The van der Waals surface area contributed by atoms with Crippen molar-refractivity contribution in [2.24, 2.45) is 0 Å². The first-order chi connectivity index (χ1) is 12.8. The second kappa shape index (κ2) is 8.09. The van der Waals surface area contributed by atoms with Crippen LogP contribution in [0.1, 0.15) is 43.2 Å². The van der Waals surface area contributed by atoms with Crippen molar-refractivity contribution in [3.05, 3.63) is 76.9 Å². The Hall–Kier alpha value is -2.06. The predicted molar refractivity (Wildman–Crippen MR) is 107 cm³/mol. The Labute approximate surface area is 157 Å². The fraction of sp³-hybridized carbons (Fsp3) is 0.417. The topological polar surface area (TPSA) is 12.5 Å². The van der Waals surface area contributed by atoms with E-state index < -0.39 is 0 Å². The molecule has 2 heteroatoms. The van der Waals surface area contributed by atoms with Gasteiger partial charge in [0, 0.05) is 19.1 Å². The van der Waals surface area contributed by atoms with E-state index in [1.54, 1.807) is 18.3 Å². The summed E-state index contributed by atoms with van der Waals surface area (Å²) < 4.78 is 5.33. The fourth-order valence-electron chi connectivity index (χ4n) is 4.58. The van der Waals surface area contributed by atoms with Crippen molar-refractivity contribution in [1.29, 1.82) is 0 Å². The van der Waals surface area contributed by atoms with Crippen LogP contribution in [0.15, 0.2) is 65.7 Å². The van der Waals surface area contributed by atoms with Gasteiger partial charge in [-0.2, -0.15) is 0 Å². The quantitative estimate of drug-likeness (QED) is 0.673. The standard InChI is InChI=1S/C24H29NO/c1-26-22-13-11-19(12-14-22)17-24-23-10-6-5-9-21(23)15-16-25(24)18-20-7-3-2-4-8-20/h2-4,7-8,11-14,24H,5-6,9-10,15-18H2,1H3/t24-/m1/s1. The van der Waals surface area contributed by atoms with Crippen LogP contribution in [0.3, 0.4) is 0 Å². The van der Waals surface area contributed by atoms with E-state index in [1.807, 2.05) is 0 Å². The number of hydrogen-bond acceptors (Lipinski definition) is 2. The lowest BCUT2D eigenvalue weighted by molar-refractivity contribution is 0.189. The Morgan fingerprint density at radius 1 is 0.885 bits per heavy atom. The van der Waals surface area contributed by atoms with Crippen LogP contribution in [0.2, 0.25) is 0 Å². The van der Waals surface area contributed by atoms with Gasteiger partial charge in [-0.3, -0.25) is 4.90 Å². The maximum Gasteiger partial charge on any atom is 0.118 e. The Morgan fingerprint density at radius 2 is 1.65 bits per heavy atom. The lowest BCUT2D eigenvalue weighted by Gasteiger charge is -2.41. The second-order valence-electron chi connectivity index (χ2n) is 7.61. The Morgan fingerprint density at radius 3 is 2.42 bits per heavy atom. The zero-order chi connectivity index (χ0) is 17.8. The van der Waals surface area contributed by atoms with Gasteiger partial charge in [-0.15, -0.1) is 0 Å². The molecule has 1 heterocycles. The second-order valence-corrected chi connectivity index (χ2v) is 7.61. The van der Waals surface area contributed by atoms with E-state index in [-0.39, 0.29) is 0 Å². The number of methoxy groups -OCH3 is 1. The van der Waals surface area contributed by atoms with Crippen LogP contribution < -0.4 is 4.74 Å². The van der Waals surface area contributed by atoms with Crippen molar-refractivity contribution < 1.29 is 4.74 Å². The molecule has 0 fully saturated rings. The van der Waals surface area contributed by atoms with E-state index >= 15 is 0 Å². The van der Waals surface area contributed by atoms with Crippen molar-refractivity contribution >= 4 is 0 Å². The largest absolute Gasteiger partial charge is 0.497 e. The molecule has 26 heavy (non-hydrogen) atoms. The molecule has 0 N–H and O–H groups in total. The molecule has 0 spiro atoms. The third-order valence-corrected chi connectivity index (χ3v) is 5.99. The minimum Gasteiger partial charge on any atom is -0.497 e. The number of benzene rings is 2. The molecule has 0 unspecified atom stereocenters. The van der Waals surface area contributed by atoms with Crippen LogP contribution in [0, 0.1) is 0 Å². The fourth-order valence-corrected chi connectivity index (χ4v) is 4.58. The van der Waals surface area contributed by atoms with Gasteiger partial charge >= 0.3 is 0 Å². The molecule has 2 aromatic carbocycles. The highest BCUT2D eigenvalue weighted by molar-refractivity contribution is 5.32. The highest BCUT2D eigenvalue weighted by Gasteiger charge is 2.30. The van der Waals surface area contributed by atoms with Gasteiger partial charge in [-0.1, -0.05) is 53.6 Å². The molecule has 0 bridgehead atoms. The van der Waals surface area contributed by atoms with Crippen LogP contribution in [0.4, 0.5) is 0 Å². The highest BCUT2D eigenvalue weighted by atomic mass is 16.5. The van der Waals surface area contributed by atoms with Crippen molar-refractivity contribution in [1.82, 2.24) is 4.90 Å². The van der Waals surface area contributed by atoms with E-state index in [4.69, 9.17) is 4.74 Å². The number of rotatable bonds is 5. The van der Waals surface area contributed by atoms with Crippen LogP contribution in [0.5, 0.6) is 5.75 Å². The molecule has 0 saturated heterocycles. The molecular formula is C24H29NO. The molecule has 0 radical (unpaired) electrons. The summed E-state index contributed by atoms with van der Waals surface area (Å²) >= 11 is 0. The lowest BCUT2D eigenvalue weighted by atomic mass is 9.80. The first-order valence-corrected chi connectivity index (χ1v) is 9.95. The average Bonchev–Trinajstić information content (AvgIpc) is 2.71. The maximum atomic E-state index is 5.33. The predicted octanol–water partition coefficient (Wildman–Crippen LogP) is 5.38. The summed E-state index contributed by atoms with van der Waals surface area (Å²) in [5.74, 6) is 0.941. The molecule has 0 saturated carbocycles. The van der Waals surface area contributed by atoms with E-state index in [1.165, 1.54) is 49.8 Å². The zero-order valence-corrected chi connectivity index (χ0v) is 15.8. The Balaban J connectivity index is 1.59. The van der Waals surface area contributed by atoms with Gasteiger partial charge in [-0.05, 0) is 61.8 Å². The molecule has 1 atom stereocenters. The molecule has 0 aromatic heterocycles. The van der Waals surface area contributed by atoms with Crippen LogP contribution >= 0.6 is 0 Å². The van der Waals surface area contributed by atoms with Gasteiger partial charge in [0.05, 0.1) is 7.11 Å². The van der Waals surface area contributed by atoms with Crippen molar-refractivity contribution in [3.8, 4) is 5.75 Å². The van der Waals surface area contributed by atoms with Gasteiger partial charge in [0.1, 0.15) is 5.75 Å². The third-order valence-electron chi connectivity index (χ3n) is 5.99. The molecule has 2 aliphatic rings. The monoisotopic (exact) mass is 347 g/mol. The summed E-state index contributed by atoms with van der Waals surface area (Å²) in [7, 11) is 1.73. The lowest BCUT2D eigenvalue weighted by Crippen LogP contribution is -2.43. The first-order valence-electron chi connectivity index (χ1n) is 9.95. The normalized spacial score (nSPS) is 20.7. The summed E-state index contributed by atoms with van der Waals surface area (Å²) in [6.07, 6.45) is 7.73. The Bertz CT molecular complexity index is 748. The molecule has 4 rings (SSSR count). The van der Waals surface area contributed by atoms with Gasteiger partial charge in [0.25, 0.3) is 0 Å².